The molecule has 1 heterocycles. The van der Waals surface area contributed by atoms with E-state index in [1.807, 2.05) is 0 Å². The van der Waals surface area contributed by atoms with E-state index in [2.05, 4.69) is 5.32 Å². The molecular weight excluding hydrogens is 430 g/mol. The van der Waals surface area contributed by atoms with Gasteiger partial charge in [-0.05, 0) is 24.1 Å². The molecule has 168 valence electrons. The zero-order chi connectivity index (χ0) is 22.9. The summed E-state index contributed by atoms with van der Waals surface area (Å²) in [7, 11) is 1.56. The third-order valence-corrected chi connectivity index (χ3v) is 5.12. The van der Waals surface area contributed by atoms with E-state index in [0.29, 0.717) is 25.1 Å². The highest BCUT2D eigenvalue weighted by Gasteiger charge is 2.38. The van der Waals surface area contributed by atoms with Gasteiger partial charge < -0.3 is 21.1 Å². The molecule has 1 saturated heterocycles. The number of alkyl halides is 3. The van der Waals surface area contributed by atoms with Crippen molar-refractivity contribution < 1.29 is 37.1 Å². The van der Waals surface area contributed by atoms with Gasteiger partial charge in [0, 0.05) is 37.6 Å². The molecule has 2 atom stereocenters. The molecule has 1 fully saturated rings. The topological polar surface area (TPSA) is 113 Å². The number of halogens is 4. The van der Waals surface area contributed by atoms with Crippen molar-refractivity contribution in [2.45, 2.75) is 36.9 Å². The standard InChI is InChI=1S/C16H22FN3O2S.C2HF3O2/c1-19-16(22)14-8-13(18)9-20(14)15(21)6-7-23-10-11-2-4-12(17)5-3-11;3-2(4,5)1(6)7/h2-5,13-14H,6-10,18H2,1H3,(H,19,22);(H,6,7)/t13-,14+;/m1./s1. The van der Waals surface area contributed by atoms with Gasteiger partial charge in [0.25, 0.3) is 0 Å². The molecule has 0 bridgehead atoms. The maximum atomic E-state index is 12.8. The van der Waals surface area contributed by atoms with Crippen LogP contribution in [0, 0.1) is 5.82 Å². The summed E-state index contributed by atoms with van der Waals surface area (Å²) >= 11 is 1.61. The summed E-state index contributed by atoms with van der Waals surface area (Å²) in [5.74, 6) is -1.83. The van der Waals surface area contributed by atoms with Crippen molar-refractivity contribution in [1.82, 2.24) is 10.2 Å². The summed E-state index contributed by atoms with van der Waals surface area (Å²) in [6, 6.07) is 5.75. The number of amides is 2. The molecular formula is C18H23F4N3O4S. The van der Waals surface area contributed by atoms with Crippen molar-refractivity contribution in [3.8, 4) is 0 Å². The number of likely N-dealkylation sites (tertiary alicyclic amines) is 1. The van der Waals surface area contributed by atoms with Gasteiger partial charge >= 0.3 is 12.1 Å². The van der Waals surface area contributed by atoms with Crippen molar-refractivity contribution in [2.24, 2.45) is 5.73 Å². The third-order valence-electron chi connectivity index (χ3n) is 4.09. The first-order valence-electron chi connectivity index (χ1n) is 8.84. The van der Waals surface area contributed by atoms with Gasteiger partial charge in [-0.25, -0.2) is 9.18 Å². The van der Waals surface area contributed by atoms with Crippen LogP contribution < -0.4 is 11.1 Å². The minimum absolute atomic E-state index is 0.0434. The maximum Gasteiger partial charge on any atom is 0.490 e. The van der Waals surface area contributed by atoms with Crippen molar-refractivity contribution in [3.63, 3.8) is 0 Å². The molecule has 4 N–H and O–H groups in total. The zero-order valence-electron chi connectivity index (χ0n) is 16.1. The number of nitrogens with two attached hydrogens (primary N) is 1. The highest BCUT2D eigenvalue weighted by Crippen LogP contribution is 2.20. The number of likely N-dealkylation sites (N-methyl/N-ethyl adjacent to an activating group) is 1. The zero-order valence-corrected chi connectivity index (χ0v) is 16.9. The number of rotatable bonds is 6. The summed E-state index contributed by atoms with van der Waals surface area (Å²) in [4.78, 5) is 34.6. The van der Waals surface area contributed by atoms with Crippen LogP contribution in [-0.2, 0) is 20.1 Å². The minimum atomic E-state index is -5.08. The molecule has 0 aliphatic carbocycles. The van der Waals surface area contributed by atoms with E-state index in [4.69, 9.17) is 15.6 Å². The number of carboxylic acid groups (broad SMARTS) is 1. The number of hydrogen-bond donors (Lipinski definition) is 3. The molecule has 1 aliphatic heterocycles. The molecule has 1 aliphatic rings. The Balaban J connectivity index is 0.000000553. The molecule has 12 heteroatoms. The average molecular weight is 453 g/mol. The fourth-order valence-electron chi connectivity index (χ4n) is 2.63. The first-order chi connectivity index (χ1) is 14.0. The van der Waals surface area contributed by atoms with E-state index in [1.54, 1.807) is 35.8 Å². The summed E-state index contributed by atoms with van der Waals surface area (Å²) in [5.41, 5.74) is 6.90. The van der Waals surface area contributed by atoms with Crippen LogP contribution >= 0.6 is 11.8 Å². The number of aliphatic carboxylic acids is 1. The van der Waals surface area contributed by atoms with Crippen LogP contribution in [0.15, 0.2) is 24.3 Å². The smallest absolute Gasteiger partial charge is 0.475 e. The SMILES string of the molecule is CNC(=O)[C@@H]1C[C@@H](N)CN1C(=O)CCSCc1ccc(F)cc1.O=C(O)C(F)(F)F. The molecule has 2 amide bonds. The first kappa shape index (κ1) is 25.7. The predicted molar refractivity (Wildman–Crippen MR) is 103 cm³/mol. The molecule has 0 unspecified atom stereocenters. The second-order valence-corrected chi connectivity index (χ2v) is 7.51. The second kappa shape index (κ2) is 11.7. The Morgan fingerprint density at radius 2 is 1.83 bits per heavy atom. The third kappa shape index (κ3) is 8.57. The first-order valence-corrected chi connectivity index (χ1v) is 10.00. The van der Waals surface area contributed by atoms with Crippen LogP contribution in [0.3, 0.4) is 0 Å². The lowest BCUT2D eigenvalue weighted by Gasteiger charge is -2.23. The number of benzene rings is 1. The Labute approximate surface area is 175 Å². The number of carbonyl (C=O) groups is 3. The largest absolute Gasteiger partial charge is 0.490 e. The molecule has 0 spiro atoms. The van der Waals surface area contributed by atoms with Crippen molar-refractivity contribution in [2.75, 3.05) is 19.3 Å². The van der Waals surface area contributed by atoms with E-state index in [0.717, 1.165) is 11.3 Å². The number of carbonyl (C=O) groups excluding carboxylic acids is 2. The Hall–Kier alpha value is -2.34. The van der Waals surface area contributed by atoms with Gasteiger partial charge in [-0.15, -0.1) is 0 Å². The van der Waals surface area contributed by atoms with Crippen LogP contribution in [0.2, 0.25) is 0 Å². The van der Waals surface area contributed by atoms with Gasteiger partial charge in [-0.2, -0.15) is 24.9 Å². The van der Waals surface area contributed by atoms with E-state index in [1.165, 1.54) is 12.1 Å². The number of nitrogens with zero attached hydrogens (tertiary/aromatic N) is 1. The summed E-state index contributed by atoms with van der Waals surface area (Å²) in [6.45, 7) is 0.430. The van der Waals surface area contributed by atoms with Crippen LogP contribution in [0.25, 0.3) is 0 Å². The average Bonchev–Trinajstić information content (AvgIpc) is 3.07. The van der Waals surface area contributed by atoms with Crippen LogP contribution in [0.4, 0.5) is 17.6 Å². The lowest BCUT2D eigenvalue weighted by molar-refractivity contribution is -0.192. The number of carboxylic acids is 1. The van der Waals surface area contributed by atoms with Crippen LogP contribution in [-0.4, -0.2) is 65.4 Å². The molecule has 1 aromatic rings. The monoisotopic (exact) mass is 453 g/mol. The summed E-state index contributed by atoms with van der Waals surface area (Å²) < 4.78 is 44.6. The van der Waals surface area contributed by atoms with E-state index in [-0.39, 0.29) is 23.7 Å². The molecule has 2 rings (SSSR count). The highest BCUT2D eigenvalue weighted by atomic mass is 32.2. The Kier molecular flexibility index (Phi) is 10.1. The number of hydrogen-bond acceptors (Lipinski definition) is 5. The Bertz CT molecular complexity index is 731. The molecule has 7 nitrogen and oxygen atoms in total. The van der Waals surface area contributed by atoms with Gasteiger partial charge in [0.15, 0.2) is 0 Å². The van der Waals surface area contributed by atoms with Crippen molar-refractivity contribution in [1.29, 1.82) is 0 Å². The number of thioether (sulfide) groups is 1. The molecule has 0 radical (unpaired) electrons. The van der Waals surface area contributed by atoms with E-state index < -0.39 is 18.2 Å². The Morgan fingerprint density at radius 1 is 1.27 bits per heavy atom. The van der Waals surface area contributed by atoms with Crippen molar-refractivity contribution >= 4 is 29.5 Å². The fraction of sp³-hybridized carbons (Fsp3) is 0.500. The van der Waals surface area contributed by atoms with Gasteiger partial charge in [0.1, 0.15) is 11.9 Å². The maximum absolute atomic E-state index is 12.8. The lowest BCUT2D eigenvalue weighted by atomic mass is 10.1. The number of nitrogens with one attached hydrogen (secondary N) is 1. The predicted octanol–water partition coefficient (Wildman–Crippen LogP) is 1.76. The van der Waals surface area contributed by atoms with E-state index in [9.17, 15) is 27.2 Å². The quantitative estimate of drug-likeness (QED) is 0.447. The van der Waals surface area contributed by atoms with Gasteiger partial charge in [0.05, 0.1) is 0 Å². The molecule has 0 saturated carbocycles. The Morgan fingerprint density at radius 3 is 2.33 bits per heavy atom. The van der Waals surface area contributed by atoms with Crippen LogP contribution in [0.1, 0.15) is 18.4 Å². The molecule has 1 aromatic carbocycles. The van der Waals surface area contributed by atoms with Crippen LogP contribution in [0.5, 0.6) is 0 Å². The van der Waals surface area contributed by atoms with Gasteiger partial charge in [-0.3, -0.25) is 9.59 Å². The molecule has 30 heavy (non-hydrogen) atoms. The minimum Gasteiger partial charge on any atom is -0.475 e. The normalized spacial score (nSPS) is 18.4. The lowest BCUT2D eigenvalue weighted by Crippen LogP contribution is -2.45. The van der Waals surface area contributed by atoms with Crippen molar-refractivity contribution in [3.05, 3.63) is 35.6 Å². The second-order valence-electron chi connectivity index (χ2n) is 6.40. The highest BCUT2D eigenvalue weighted by molar-refractivity contribution is 7.98. The van der Waals surface area contributed by atoms with Gasteiger partial charge in [0.2, 0.25) is 11.8 Å². The summed E-state index contributed by atoms with van der Waals surface area (Å²) in [6.07, 6.45) is -4.21. The summed E-state index contributed by atoms with van der Waals surface area (Å²) in [5, 5.41) is 9.71. The molecule has 0 aromatic heterocycles. The van der Waals surface area contributed by atoms with E-state index >= 15 is 0 Å². The fourth-order valence-corrected chi connectivity index (χ4v) is 3.52. The van der Waals surface area contributed by atoms with Gasteiger partial charge in [-0.1, -0.05) is 12.1 Å².